The first-order valence-corrected chi connectivity index (χ1v) is 5.97. The van der Waals surface area contributed by atoms with Crippen LogP contribution >= 0.6 is 0 Å². The van der Waals surface area contributed by atoms with E-state index in [-0.39, 0.29) is 6.54 Å². The zero-order chi connectivity index (χ0) is 10.3. The molecule has 1 fully saturated rings. The van der Waals surface area contributed by atoms with Crippen molar-refractivity contribution in [2.75, 3.05) is 13.1 Å². The Kier molecular flexibility index (Phi) is 2.71. The van der Waals surface area contributed by atoms with Crippen molar-refractivity contribution in [2.45, 2.75) is 38.0 Å². The van der Waals surface area contributed by atoms with E-state index in [1.165, 1.54) is 4.31 Å². The third-order valence-electron chi connectivity index (χ3n) is 2.37. The molecular weight excluding hydrogens is 190 g/mol. The second-order valence-corrected chi connectivity index (χ2v) is 6.66. The number of nitrogens with zero attached hydrogens (tertiary/aromatic N) is 1. The summed E-state index contributed by atoms with van der Waals surface area (Å²) in [6.45, 7) is 5.65. The van der Waals surface area contributed by atoms with E-state index in [0.29, 0.717) is 13.0 Å². The summed E-state index contributed by atoms with van der Waals surface area (Å²) >= 11 is 0. The van der Waals surface area contributed by atoms with Gasteiger partial charge in [-0.1, -0.05) is 0 Å². The minimum Gasteiger partial charge on any atom is -0.389 e. The minimum atomic E-state index is -3.17. The Hall–Kier alpha value is -0.130. The second kappa shape index (κ2) is 3.22. The van der Waals surface area contributed by atoms with E-state index in [0.717, 1.165) is 0 Å². The van der Waals surface area contributed by atoms with Gasteiger partial charge in [0.15, 0.2) is 0 Å². The summed E-state index contributed by atoms with van der Waals surface area (Å²) in [5, 5.41) is 9.20. The van der Waals surface area contributed by atoms with Gasteiger partial charge in [0.1, 0.15) is 0 Å². The van der Waals surface area contributed by atoms with Crippen molar-refractivity contribution in [3.8, 4) is 0 Å². The van der Waals surface area contributed by atoms with Crippen molar-refractivity contribution in [3.05, 3.63) is 0 Å². The topological polar surface area (TPSA) is 57.6 Å². The van der Waals surface area contributed by atoms with E-state index in [4.69, 9.17) is 0 Å². The molecule has 1 rings (SSSR count). The van der Waals surface area contributed by atoms with Crippen LogP contribution in [0, 0.1) is 0 Å². The predicted molar refractivity (Wildman–Crippen MR) is 50.9 cm³/mol. The van der Waals surface area contributed by atoms with E-state index in [1.54, 1.807) is 20.8 Å². The van der Waals surface area contributed by atoms with E-state index < -0.39 is 20.9 Å². The van der Waals surface area contributed by atoms with Crippen molar-refractivity contribution in [1.82, 2.24) is 4.31 Å². The average Bonchev–Trinajstić information content (AvgIpc) is 2.30. The fourth-order valence-corrected chi connectivity index (χ4v) is 2.82. The summed E-state index contributed by atoms with van der Waals surface area (Å²) in [6.07, 6.45) is 0.527. The molecule has 13 heavy (non-hydrogen) atoms. The minimum absolute atomic E-state index is 0.230. The Morgan fingerprint density at radius 1 is 1.46 bits per heavy atom. The first-order chi connectivity index (χ1) is 5.76. The molecule has 5 heteroatoms. The van der Waals surface area contributed by atoms with E-state index in [9.17, 15) is 13.5 Å². The number of hydrogen-bond donors (Lipinski definition) is 1. The fourth-order valence-electron chi connectivity index (χ4n) is 1.42. The molecule has 1 aliphatic rings. The zero-order valence-corrected chi connectivity index (χ0v) is 9.13. The Morgan fingerprint density at radius 3 is 2.31 bits per heavy atom. The van der Waals surface area contributed by atoms with Crippen LogP contribution in [0.3, 0.4) is 0 Å². The van der Waals surface area contributed by atoms with Crippen LogP contribution in [0.1, 0.15) is 27.2 Å². The molecular formula is C8H17NO3S. The van der Waals surface area contributed by atoms with Gasteiger partial charge in [0.2, 0.25) is 10.0 Å². The highest BCUT2D eigenvalue weighted by molar-refractivity contribution is 7.89. The van der Waals surface area contributed by atoms with Gasteiger partial charge in [-0.3, -0.25) is 0 Å². The van der Waals surface area contributed by atoms with Gasteiger partial charge in [0.05, 0.1) is 10.9 Å². The second-order valence-electron chi connectivity index (χ2n) is 4.17. The molecule has 1 saturated heterocycles. The van der Waals surface area contributed by atoms with E-state index in [2.05, 4.69) is 0 Å². The summed E-state index contributed by atoms with van der Waals surface area (Å²) in [5.74, 6) is 0. The van der Waals surface area contributed by atoms with E-state index in [1.807, 2.05) is 0 Å². The van der Waals surface area contributed by atoms with E-state index >= 15 is 0 Å². The van der Waals surface area contributed by atoms with Gasteiger partial charge in [-0.05, 0) is 27.2 Å². The quantitative estimate of drug-likeness (QED) is 0.703. The molecule has 1 aliphatic heterocycles. The first-order valence-electron chi connectivity index (χ1n) is 4.47. The van der Waals surface area contributed by atoms with Gasteiger partial charge in [-0.15, -0.1) is 0 Å². The maximum atomic E-state index is 11.6. The normalized spacial score (nSPS) is 31.5. The van der Waals surface area contributed by atoms with Gasteiger partial charge in [0.25, 0.3) is 0 Å². The third-order valence-corrected chi connectivity index (χ3v) is 4.60. The smallest absolute Gasteiger partial charge is 0.216 e. The summed E-state index contributed by atoms with van der Waals surface area (Å²) in [4.78, 5) is 0. The number of rotatable bonds is 2. The number of aliphatic hydroxyl groups is 1. The average molecular weight is 207 g/mol. The Balaban J connectivity index is 2.78. The highest BCUT2D eigenvalue weighted by atomic mass is 32.2. The predicted octanol–water partition coefficient (Wildman–Crippen LogP) is 0.181. The molecule has 0 aromatic rings. The molecule has 0 aliphatic carbocycles. The number of β-amino-alcohol motifs (C(OH)–C–C–N with tert-alkyl or cyclic N) is 1. The summed E-state index contributed by atoms with van der Waals surface area (Å²) in [6, 6.07) is 0. The van der Waals surface area contributed by atoms with Gasteiger partial charge in [-0.2, -0.15) is 4.31 Å². The molecule has 1 heterocycles. The summed E-state index contributed by atoms with van der Waals surface area (Å²) < 4.78 is 24.6. The van der Waals surface area contributed by atoms with Crippen LogP contribution < -0.4 is 0 Å². The van der Waals surface area contributed by atoms with Crippen LogP contribution in [0.15, 0.2) is 0 Å². The van der Waals surface area contributed by atoms with Crippen LogP contribution in [-0.2, 0) is 10.0 Å². The van der Waals surface area contributed by atoms with Gasteiger partial charge in [0, 0.05) is 13.1 Å². The lowest BCUT2D eigenvalue weighted by Gasteiger charge is -2.20. The fraction of sp³-hybridized carbons (Fsp3) is 1.00. The first kappa shape index (κ1) is 10.9. The Morgan fingerprint density at radius 2 is 2.00 bits per heavy atom. The largest absolute Gasteiger partial charge is 0.389 e. The third kappa shape index (κ3) is 2.21. The summed E-state index contributed by atoms with van der Waals surface area (Å²) in [5.41, 5.74) is -0.845. The highest BCUT2D eigenvalue weighted by Crippen LogP contribution is 2.24. The molecule has 1 N–H and O–H groups in total. The molecule has 0 spiro atoms. The SMILES string of the molecule is CC(C)S(=O)(=O)N1CCC(C)(O)C1. The lowest BCUT2D eigenvalue weighted by Crippen LogP contribution is -2.37. The standard InChI is InChI=1S/C8H17NO3S/c1-7(2)13(11,12)9-5-4-8(3,10)6-9/h7,10H,4-6H2,1-3H3. The Bertz CT molecular complexity index is 282. The lowest BCUT2D eigenvalue weighted by atomic mass is 10.1. The molecule has 0 bridgehead atoms. The van der Waals surface area contributed by atoms with Crippen LogP contribution in [0.25, 0.3) is 0 Å². The van der Waals surface area contributed by atoms with Crippen LogP contribution in [-0.4, -0.2) is 41.8 Å². The van der Waals surface area contributed by atoms with Crippen molar-refractivity contribution >= 4 is 10.0 Å². The van der Waals surface area contributed by atoms with Crippen LogP contribution in [0.5, 0.6) is 0 Å². The molecule has 0 saturated carbocycles. The van der Waals surface area contributed by atoms with Crippen molar-refractivity contribution in [1.29, 1.82) is 0 Å². The van der Waals surface area contributed by atoms with Gasteiger partial charge < -0.3 is 5.11 Å². The maximum Gasteiger partial charge on any atom is 0.216 e. The van der Waals surface area contributed by atoms with Gasteiger partial charge in [-0.25, -0.2) is 8.42 Å². The molecule has 1 atom stereocenters. The summed E-state index contributed by atoms with van der Waals surface area (Å²) in [7, 11) is -3.17. The van der Waals surface area contributed by atoms with Gasteiger partial charge >= 0.3 is 0 Å². The molecule has 1 unspecified atom stereocenters. The molecule has 4 nitrogen and oxygen atoms in total. The zero-order valence-electron chi connectivity index (χ0n) is 8.32. The Labute approximate surface area is 79.6 Å². The lowest BCUT2D eigenvalue weighted by molar-refractivity contribution is 0.0762. The van der Waals surface area contributed by atoms with Crippen LogP contribution in [0.4, 0.5) is 0 Å². The molecule has 0 aromatic heterocycles. The highest BCUT2D eigenvalue weighted by Gasteiger charge is 2.38. The molecule has 0 amide bonds. The number of hydrogen-bond acceptors (Lipinski definition) is 3. The maximum absolute atomic E-state index is 11.6. The van der Waals surface area contributed by atoms with Crippen LogP contribution in [0.2, 0.25) is 0 Å². The molecule has 0 radical (unpaired) electrons. The molecule has 0 aromatic carbocycles. The molecule has 78 valence electrons. The monoisotopic (exact) mass is 207 g/mol. The van der Waals surface area contributed by atoms with Crippen molar-refractivity contribution < 1.29 is 13.5 Å². The number of sulfonamides is 1. The van der Waals surface area contributed by atoms with Crippen molar-refractivity contribution in [2.24, 2.45) is 0 Å². The van der Waals surface area contributed by atoms with Crippen molar-refractivity contribution in [3.63, 3.8) is 0 Å².